The average molecular weight is 152 g/mol. The zero-order valence-electron chi connectivity index (χ0n) is 4.79. The molecule has 0 aromatic carbocycles. The van der Waals surface area contributed by atoms with Gasteiger partial charge in [-0.15, -0.1) is 0 Å². The van der Waals surface area contributed by atoms with Gasteiger partial charge in [0.15, 0.2) is 0 Å². The summed E-state index contributed by atoms with van der Waals surface area (Å²) >= 11 is 0. The molecule has 48 valence electrons. The molecule has 0 rings (SSSR count). The van der Waals surface area contributed by atoms with Crippen LogP contribution in [0.25, 0.3) is 0 Å². The van der Waals surface area contributed by atoms with Gasteiger partial charge in [-0.25, -0.2) is 8.42 Å². The third-order valence-corrected chi connectivity index (χ3v) is 2.48. The lowest BCUT2D eigenvalue weighted by atomic mass is 10.8. The molecule has 8 heavy (non-hydrogen) atoms. The predicted octanol–water partition coefficient (Wildman–Crippen LogP) is 1.21. The lowest BCUT2D eigenvalue weighted by Gasteiger charge is -1.84. The molecule has 0 atom stereocenters. The van der Waals surface area contributed by atoms with E-state index in [9.17, 15) is 8.42 Å². The van der Waals surface area contributed by atoms with E-state index >= 15 is 0 Å². The Morgan fingerprint density at radius 2 is 2.00 bits per heavy atom. The molecule has 0 aromatic rings. The molecule has 0 N–H and O–H groups in total. The third-order valence-electron chi connectivity index (χ3n) is 0.366. The first-order chi connectivity index (χ1) is 3.56. The fourth-order valence-corrected chi connectivity index (χ4v) is 1.41. The van der Waals surface area contributed by atoms with Gasteiger partial charge in [0, 0.05) is 6.26 Å². The van der Waals surface area contributed by atoms with Gasteiger partial charge in [-0.3, -0.25) is 0 Å². The second-order valence-electron chi connectivity index (χ2n) is 1.27. The predicted molar refractivity (Wildman–Crippen MR) is 37.2 cm³/mol. The minimum absolute atomic E-state index is 0.825. The third kappa shape index (κ3) is 6.04. The maximum atomic E-state index is 10.3. The molecule has 0 aliphatic rings. The van der Waals surface area contributed by atoms with Crippen molar-refractivity contribution in [3.63, 3.8) is 0 Å². The lowest BCUT2D eigenvalue weighted by Crippen LogP contribution is -1.82. The van der Waals surface area contributed by atoms with Crippen LogP contribution in [0.5, 0.6) is 0 Å². The molecule has 0 unspecified atom stereocenters. The molecule has 0 bridgehead atoms. The fraction of sp³-hybridized carbons (Fsp3) is 0.500. The van der Waals surface area contributed by atoms with E-state index in [0.29, 0.717) is 0 Å². The largest absolute Gasteiger partial charge is 0.217 e. The first kappa shape index (κ1) is 8.04. The van der Waals surface area contributed by atoms with Gasteiger partial charge in [0.1, 0.15) is 0 Å². The molecule has 4 heteroatoms. The Morgan fingerprint density at radius 3 is 2.12 bits per heavy atom. The van der Waals surface area contributed by atoms with E-state index in [1.807, 2.05) is 0 Å². The smallest absolute Gasteiger partial charge is 0.202 e. The lowest BCUT2D eigenvalue weighted by molar-refractivity contribution is 0.616. The summed E-state index contributed by atoms with van der Waals surface area (Å²) in [4.78, 5) is 0. The Morgan fingerprint density at radius 1 is 1.50 bits per heavy atom. The Labute approximate surface area is 53.3 Å². The summed E-state index contributed by atoms with van der Waals surface area (Å²) in [7, 11) is -2.03. The van der Waals surface area contributed by atoms with Crippen LogP contribution in [0.15, 0.2) is 11.5 Å². The van der Waals surface area contributed by atoms with E-state index in [1.165, 1.54) is 11.7 Å². The minimum atomic E-state index is -2.86. The highest BCUT2D eigenvalue weighted by molar-refractivity contribution is 8.73. The standard InChI is InChI=1S/C4H8O2S2/c1-3-4-7-8(2,5)6/h3-4H,1-2H3/b4-3+. The van der Waals surface area contributed by atoms with Crippen LogP contribution in [0, 0.1) is 0 Å². The molecular weight excluding hydrogens is 144 g/mol. The van der Waals surface area contributed by atoms with Crippen LogP contribution in [0.2, 0.25) is 0 Å². The molecule has 0 saturated heterocycles. The highest BCUT2D eigenvalue weighted by atomic mass is 33.1. The maximum absolute atomic E-state index is 10.3. The van der Waals surface area contributed by atoms with Crippen molar-refractivity contribution in [2.24, 2.45) is 0 Å². The number of hydrogen-bond donors (Lipinski definition) is 0. The molecule has 2 nitrogen and oxygen atoms in total. The zero-order chi connectivity index (χ0) is 6.62. The summed E-state index contributed by atoms with van der Waals surface area (Å²) in [5, 5.41) is 1.54. The Balaban J connectivity index is 3.76. The van der Waals surface area contributed by atoms with Crippen molar-refractivity contribution in [2.75, 3.05) is 6.26 Å². The minimum Gasteiger partial charge on any atom is -0.217 e. The molecule has 0 radical (unpaired) electrons. The second kappa shape index (κ2) is 3.14. The number of allylic oxidation sites excluding steroid dienone is 1. The molecular formula is C4H8O2S2. The van der Waals surface area contributed by atoms with Gasteiger partial charge in [-0.1, -0.05) is 6.08 Å². The van der Waals surface area contributed by atoms with E-state index in [-0.39, 0.29) is 0 Å². The van der Waals surface area contributed by atoms with Crippen LogP contribution in [0.3, 0.4) is 0 Å². The average Bonchev–Trinajstić information content (AvgIpc) is 1.59. The normalized spacial score (nSPS) is 12.8. The summed E-state index contributed by atoms with van der Waals surface area (Å²) in [6.45, 7) is 1.78. The van der Waals surface area contributed by atoms with Crippen LogP contribution in [-0.2, 0) is 8.87 Å². The molecule has 0 fully saturated rings. The Kier molecular flexibility index (Phi) is 3.16. The van der Waals surface area contributed by atoms with Gasteiger partial charge in [0.05, 0.1) is 0 Å². The first-order valence-electron chi connectivity index (χ1n) is 2.05. The summed E-state index contributed by atoms with van der Waals surface area (Å²) in [6, 6.07) is 0. The monoisotopic (exact) mass is 152 g/mol. The van der Waals surface area contributed by atoms with Crippen LogP contribution in [0.4, 0.5) is 0 Å². The van der Waals surface area contributed by atoms with E-state index < -0.39 is 8.87 Å². The molecule has 0 aromatic heterocycles. The molecule has 0 spiro atoms. The van der Waals surface area contributed by atoms with E-state index in [0.717, 1.165) is 10.8 Å². The van der Waals surface area contributed by atoms with Gasteiger partial charge < -0.3 is 0 Å². The van der Waals surface area contributed by atoms with Crippen LogP contribution >= 0.6 is 10.8 Å². The van der Waals surface area contributed by atoms with Gasteiger partial charge in [0.2, 0.25) is 8.87 Å². The highest BCUT2D eigenvalue weighted by Gasteiger charge is 1.95. The molecule has 0 aliphatic carbocycles. The number of hydrogen-bond acceptors (Lipinski definition) is 3. The molecule has 0 saturated carbocycles. The highest BCUT2D eigenvalue weighted by Crippen LogP contribution is 2.09. The number of rotatable bonds is 2. The summed E-state index contributed by atoms with van der Waals surface area (Å²) < 4.78 is 20.6. The van der Waals surface area contributed by atoms with E-state index in [4.69, 9.17) is 0 Å². The second-order valence-corrected chi connectivity index (χ2v) is 5.54. The van der Waals surface area contributed by atoms with Gasteiger partial charge in [0.25, 0.3) is 0 Å². The topological polar surface area (TPSA) is 34.1 Å². The first-order valence-corrected chi connectivity index (χ1v) is 5.34. The SMILES string of the molecule is C/C=C/SS(C)(=O)=O. The quantitative estimate of drug-likeness (QED) is 0.558. The maximum Gasteiger partial charge on any atom is 0.202 e. The summed E-state index contributed by atoms with van der Waals surface area (Å²) in [6.07, 6.45) is 2.86. The van der Waals surface area contributed by atoms with Crippen LogP contribution in [-0.4, -0.2) is 14.7 Å². The Bertz CT molecular complexity index is 166. The molecule has 0 aliphatic heterocycles. The fourth-order valence-electron chi connectivity index (χ4n) is 0.156. The van der Waals surface area contributed by atoms with E-state index in [2.05, 4.69) is 0 Å². The summed E-state index contributed by atoms with van der Waals surface area (Å²) in [5.41, 5.74) is 0. The molecule has 0 heterocycles. The summed E-state index contributed by atoms with van der Waals surface area (Å²) in [5.74, 6) is 0. The van der Waals surface area contributed by atoms with Crippen molar-refractivity contribution in [3.8, 4) is 0 Å². The molecule has 0 amide bonds. The van der Waals surface area contributed by atoms with Crippen molar-refractivity contribution in [3.05, 3.63) is 11.5 Å². The van der Waals surface area contributed by atoms with Gasteiger partial charge in [-0.05, 0) is 23.1 Å². The Hall–Kier alpha value is 0.0400. The van der Waals surface area contributed by atoms with Crippen molar-refractivity contribution in [1.82, 2.24) is 0 Å². The van der Waals surface area contributed by atoms with Crippen LogP contribution in [0.1, 0.15) is 6.92 Å². The zero-order valence-corrected chi connectivity index (χ0v) is 6.42. The van der Waals surface area contributed by atoms with Crippen molar-refractivity contribution >= 4 is 19.7 Å². The van der Waals surface area contributed by atoms with Crippen LogP contribution < -0.4 is 0 Å². The van der Waals surface area contributed by atoms with E-state index in [1.54, 1.807) is 13.0 Å². The van der Waals surface area contributed by atoms with Gasteiger partial charge >= 0.3 is 0 Å². The van der Waals surface area contributed by atoms with Crippen molar-refractivity contribution < 1.29 is 8.42 Å². The van der Waals surface area contributed by atoms with Crippen molar-refractivity contribution in [1.29, 1.82) is 0 Å². The van der Waals surface area contributed by atoms with Crippen molar-refractivity contribution in [2.45, 2.75) is 6.92 Å². The van der Waals surface area contributed by atoms with Gasteiger partial charge in [-0.2, -0.15) is 0 Å².